The maximum Gasteiger partial charge on any atom is 0.321 e. The highest BCUT2D eigenvalue weighted by Gasteiger charge is 2.22. The minimum absolute atomic E-state index is 0.240. The number of hydrogen-bond donors (Lipinski definition) is 0. The monoisotopic (exact) mass is 244 g/mol. The summed E-state index contributed by atoms with van der Waals surface area (Å²) in [5, 5.41) is -0.790. The molecule has 1 aromatic rings. The minimum atomic E-state index is -1.58. The van der Waals surface area contributed by atoms with Gasteiger partial charge in [0, 0.05) is 4.90 Å². The Balaban J connectivity index is 2.82. The highest BCUT2D eigenvalue weighted by molar-refractivity contribution is 7.86. The second kappa shape index (κ2) is 5.75. The molecule has 0 spiro atoms. The second-order valence-electron chi connectivity index (χ2n) is 3.15. The fraction of sp³-hybridized carbons (Fsp3) is 0.364. The van der Waals surface area contributed by atoms with E-state index in [1.165, 1.54) is 25.1 Å². The van der Waals surface area contributed by atoms with Crippen LogP contribution in [0.3, 0.4) is 0 Å². The normalized spacial score (nSPS) is 14.2. The Morgan fingerprint density at radius 3 is 2.81 bits per heavy atom. The number of hydrogen-bond acceptors (Lipinski definition) is 3. The number of carbonyl (C=O) groups excluding carboxylic acids is 1. The van der Waals surface area contributed by atoms with Gasteiger partial charge in [0.1, 0.15) is 11.1 Å². The molecule has 0 amide bonds. The fourth-order valence-corrected chi connectivity index (χ4v) is 2.24. The molecule has 0 radical (unpaired) electrons. The molecule has 0 unspecified atom stereocenters. The van der Waals surface area contributed by atoms with Gasteiger partial charge in [-0.05, 0) is 32.0 Å². The quantitative estimate of drug-likeness (QED) is 0.760. The summed E-state index contributed by atoms with van der Waals surface area (Å²) in [6.45, 7) is 3.41. The summed E-state index contributed by atoms with van der Waals surface area (Å²) < 4.78 is 29.5. The number of rotatable bonds is 4. The molecule has 0 N–H and O–H groups in total. The van der Waals surface area contributed by atoms with Crippen molar-refractivity contribution in [1.82, 2.24) is 0 Å². The van der Waals surface area contributed by atoms with Crippen molar-refractivity contribution in [2.75, 3.05) is 6.61 Å². The summed E-state index contributed by atoms with van der Waals surface area (Å²) in [6, 6.07) is 5.40. The van der Waals surface area contributed by atoms with Crippen LogP contribution in [0.1, 0.15) is 13.8 Å². The van der Waals surface area contributed by atoms with Crippen LogP contribution < -0.4 is 0 Å². The van der Waals surface area contributed by atoms with Crippen molar-refractivity contribution in [2.24, 2.45) is 0 Å². The number of carbonyl (C=O) groups is 1. The van der Waals surface area contributed by atoms with E-state index >= 15 is 0 Å². The zero-order chi connectivity index (χ0) is 12.1. The summed E-state index contributed by atoms with van der Waals surface area (Å²) in [5.74, 6) is -1.01. The molecule has 1 aromatic carbocycles. The summed E-state index contributed by atoms with van der Waals surface area (Å²) in [7, 11) is -1.58. The molecule has 0 heterocycles. The van der Waals surface area contributed by atoms with E-state index in [0.717, 1.165) is 6.07 Å². The average molecular weight is 244 g/mol. The van der Waals surface area contributed by atoms with Gasteiger partial charge in [0.25, 0.3) is 0 Å². The number of esters is 1. The Labute approximate surface area is 96.1 Å². The predicted octanol–water partition coefficient (Wildman–Crippen LogP) is 1.88. The van der Waals surface area contributed by atoms with Gasteiger partial charge in [0.2, 0.25) is 0 Å². The second-order valence-corrected chi connectivity index (χ2v) is 4.92. The largest absolute Gasteiger partial charge is 0.465 e. The van der Waals surface area contributed by atoms with Crippen LogP contribution in [-0.2, 0) is 20.3 Å². The van der Waals surface area contributed by atoms with Gasteiger partial charge in [-0.3, -0.25) is 9.00 Å². The molecule has 1 rings (SSSR count). The van der Waals surface area contributed by atoms with E-state index in [4.69, 9.17) is 4.74 Å². The third kappa shape index (κ3) is 3.13. The molecule has 0 aliphatic heterocycles. The average Bonchev–Trinajstić information content (AvgIpc) is 2.27. The number of ether oxygens (including phenoxy) is 1. The smallest absolute Gasteiger partial charge is 0.321 e. The molecule has 16 heavy (non-hydrogen) atoms. The van der Waals surface area contributed by atoms with Crippen molar-refractivity contribution in [1.29, 1.82) is 0 Å². The maximum absolute atomic E-state index is 12.9. The first-order valence-electron chi connectivity index (χ1n) is 4.89. The molecular formula is C11H13FO3S. The van der Waals surface area contributed by atoms with Gasteiger partial charge in [-0.2, -0.15) is 0 Å². The molecule has 0 saturated carbocycles. The Kier molecular flexibility index (Phi) is 4.61. The van der Waals surface area contributed by atoms with Crippen LogP contribution >= 0.6 is 0 Å². The molecule has 0 aliphatic carbocycles. The van der Waals surface area contributed by atoms with Crippen LogP contribution in [0, 0.1) is 5.82 Å². The van der Waals surface area contributed by atoms with E-state index in [0.29, 0.717) is 4.90 Å². The zero-order valence-electron chi connectivity index (χ0n) is 9.10. The van der Waals surface area contributed by atoms with E-state index in [1.54, 1.807) is 6.92 Å². The Morgan fingerprint density at radius 1 is 1.56 bits per heavy atom. The molecule has 0 saturated heterocycles. The van der Waals surface area contributed by atoms with E-state index < -0.39 is 27.8 Å². The van der Waals surface area contributed by atoms with Crippen LogP contribution in [0.15, 0.2) is 29.2 Å². The molecule has 5 heteroatoms. The van der Waals surface area contributed by atoms with Crippen LogP contribution in [0.2, 0.25) is 0 Å². The van der Waals surface area contributed by atoms with Crippen molar-refractivity contribution < 1.29 is 18.1 Å². The Morgan fingerprint density at radius 2 is 2.25 bits per heavy atom. The van der Waals surface area contributed by atoms with E-state index in [1.807, 2.05) is 0 Å². The van der Waals surface area contributed by atoms with E-state index in [-0.39, 0.29) is 6.61 Å². The maximum atomic E-state index is 12.9. The molecule has 0 bridgehead atoms. The molecule has 0 aromatic heterocycles. The molecule has 0 aliphatic rings. The number of halogens is 1. The van der Waals surface area contributed by atoms with Crippen LogP contribution in [0.5, 0.6) is 0 Å². The lowest BCUT2D eigenvalue weighted by Crippen LogP contribution is -2.25. The van der Waals surface area contributed by atoms with Crippen LogP contribution in [-0.4, -0.2) is 22.0 Å². The third-order valence-corrected chi connectivity index (χ3v) is 3.52. The van der Waals surface area contributed by atoms with Gasteiger partial charge in [0.15, 0.2) is 0 Å². The van der Waals surface area contributed by atoms with E-state index in [9.17, 15) is 13.4 Å². The Hall–Kier alpha value is -1.23. The first-order chi connectivity index (χ1) is 7.56. The molecule has 0 fully saturated rings. The molecular weight excluding hydrogens is 231 g/mol. The summed E-state index contributed by atoms with van der Waals surface area (Å²) in [6.07, 6.45) is 0. The molecule has 3 nitrogen and oxygen atoms in total. The minimum Gasteiger partial charge on any atom is -0.465 e. The lowest BCUT2D eigenvalue weighted by atomic mass is 10.3. The van der Waals surface area contributed by atoms with Gasteiger partial charge >= 0.3 is 5.97 Å². The lowest BCUT2D eigenvalue weighted by molar-refractivity contribution is -0.142. The summed E-state index contributed by atoms with van der Waals surface area (Å²) in [4.78, 5) is 11.6. The fourth-order valence-electron chi connectivity index (χ4n) is 1.14. The van der Waals surface area contributed by atoms with E-state index in [2.05, 4.69) is 0 Å². The number of benzene rings is 1. The highest BCUT2D eigenvalue weighted by Crippen LogP contribution is 2.13. The first-order valence-corrected chi connectivity index (χ1v) is 6.10. The van der Waals surface area contributed by atoms with Gasteiger partial charge in [0.05, 0.1) is 17.4 Å². The Bertz CT molecular complexity index is 406. The van der Waals surface area contributed by atoms with Crippen molar-refractivity contribution in [3.05, 3.63) is 30.1 Å². The summed E-state index contributed by atoms with van der Waals surface area (Å²) >= 11 is 0. The van der Waals surface area contributed by atoms with Crippen molar-refractivity contribution >= 4 is 16.8 Å². The van der Waals surface area contributed by atoms with Gasteiger partial charge in [-0.1, -0.05) is 6.07 Å². The van der Waals surface area contributed by atoms with Gasteiger partial charge in [-0.15, -0.1) is 0 Å². The predicted molar refractivity (Wildman–Crippen MR) is 58.9 cm³/mol. The van der Waals surface area contributed by atoms with Crippen LogP contribution in [0.25, 0.3) is 0 Å². The van der Waals surface area contributed by atoms with Gasteiger partial charge < -0.3 is 4.74 Å². The lowest BCUT2D eigenvalue weighted by Gasteiger charge is -2.10. The summed E-state index contributed by atoms with van der Waals surface area (Å²) in [5.41, 5.74) is 0. The first kappa shape index (κ1) is 12.8. The van der Waals surface area contributed by atoms with Gasteiger partial charge in [-0.25, -0.2) is 4.39 Å². The van der Waals surface area contributed by atoms with Crippen molar-refractivity contribution in [2.45, 2.75) is 24.0 Å². The third-order valence-electron chi connectivity index (χ3n) is 1.97. The standard InChI is InChI=1S/C11H13FO3S/c1-3-15-11(13)8(2)16(14)10-6-4-5-9(12)7-10/h4-8H,3H2,1-2H3/t8-,16-/m0/s1. The highest BCUT2D eigenvalue weighted by atomic mass is 32.2. The van der Waals surface area contributed by atoms with Crippen molar-refractivity contribution in [3.8, 4) is 0 Å². The molecule has 2 atom stereocenters. The van der Waals surface area contributed by atoms with Crippen LogP contribution in [0.4, 0.5) is 4.39 Å². The zero-order valence-corrected chi connectivity index (χ0v) is 9.92. The molecule has 88 valence electrons. The van der Waals surface area contributed by atoms with Crippen molar-refractivity contribution in [3.63, 3.8) is 0 Å². The SMILES string of the molecule is CCOC(=O)[C@H](C)[S@](=O)c1cccc(F)c1. The topological polar surface area (TPSA) is 43.4 Å².